The molecule has 166 valence electrons. The minimum absolute atomic E-state index is 0.0116. The van der Waals surface area contributed by atoms with Gasteiger partial charge in [0.15, 0.2) is 0 Å². The van der Waals surface area contributed by atoms with Crippen LogP contribution in [0.3, 0.4) is 0 Å². The lowest BCUT2D eigenvalue weighted by Gasteiger charge is -2.30. The van der Waals surface area contributed by atoms with Gasteiger partial charge in [-0.1, -0.05) is 47.5 Å². The smallest absolute Gasteiger partial charge is 0.134 e. The molecule has 1 heterocycles. The molecule has 4 nitrogen and oxygen atoms in total. The van der Waals surface area contributed by atoms with Crippen molar-refractivity contribution in [3.8, 4) is 11.5 Å². The highest BCUT2D eigenvalue weighted by atomic mass is 35.5. The van der Waals surface area contributed by atoms with Crippen molar-refractivity contribution in [2.24, 2.45) is 4.99 Å². The number of nitrogens with zero attached hydrogens (tertiary/aromatic N) is 1. The number of methoxy groups -OCH3 is 1. The van der Waals surface area contributed by atoms with Gasteiger partial charge in [0.2, 0.25) is 0 Å². The summed E-state index contributed by atoms with van der Waals surface area (Å²) < 4.78 is 11.5. The average molecular weight is 469 g/mol. The topological polar surface area (TPSA) is 42.8 Å². The fourth-order valence-electron chi connectivity index (χ4n) is 4.00. The van der Waals surface area contributed by atoms with Crippen molar-refractivity contribution in [2.75, 3.05) is 7.11 Å². The van der Waals surface area contributed by atoms with Crippen molar-refractivity contribution in [1.29, 1.82) is 0 Å². The Balaban J connectivity index is 1.83. The Kier molecular flexibility index (Phi) is 6.36. The van der Waals surface area contributed by atoms with Crippen molar-refractivity contribution in [2.45, 2.75) is 38.5 Å². The monoisotopic (exact) mass is 468 g/mol. The Bertz CT molecular complexity index is 1130. The van der Waals surface area contributed by atoms with Crippen molar-refractivity contribution in [3.63, 3.8) is 0 Å². The van der Waals surface area contributed by atoms with E-state index < -0.39 is 5.54 Å². The number of rotatable bonds is 6. The molecule has 2 atom stereocenters. The Morgan fingerprint density at radius 1 is 0.938 bits per heavy atom. The van der Waals surface area contributed by atoms with Crippen LogP contribution in [0.4, 0.5) is 0 Å². The molecule has 6 heteroatoms. The van der Waals surface area contributed by atoms with Crippen LogP contribution in [0.2, 0.25) is 10.0 Å². The Labute approximate surface area is 199 Å². The predicted molar refractivity (Wildman–Crippen MR) is 131 cm³/mol. The maximum atomic E-state index is 6.16. The van der Waals surface area contributed by atoms with E-state index in [0.717, 1.165) is 34.0 Å². The number of hydrogen-bond acceptors (Lipinski definition) is 4. The molecular formula is C26H26Cl2N2O2. The Morgan fingerprint density at radius 2 is 1.56 bits per heavy atom. The van der Waals surface area contributed by atoms with E-state index in [1.165, 1.54) is 0 Å². The van der Waals surface area contributed by atoms with Gasteiger partial charge >= 0.3 is 0 Å². The van der Waals surface area contributed by atoms with Gasteiger partial charge in [0.1, 0.15) is 22.9 Å². The second-order valence-electron chi connectivity index (χ2n) is 8.27. The molecule has 4 rings (SSSR count). The molecule has 32 heavy (non-hydrogen) atoms. The summed E-state index contributed by atoms with van der Waals surface area (Å²) in [4.78, 5) is 5.20. The first-order chi connectivity index (χ1) is 15.3. The van der Waals surface area contributed by atoms with Crippen LogP contribution in [0.1, 0.15) is 43.5 Å². The maximum absolute atomic E-state index is 6.16. The molecule has 2 unspecified atom stereocenters. The summed E-state index contributed by atoms with van der Waals surface area (Å²) in [7, 11) is 1.65. The fraction of sp³-hybridized carbons (Fsp3) is 0.269. The largest absolute Gasteiger partial charge is 0.497 e. The first-order valence-electron chi connectivity index (χ1n) is 10.5. The maximum Gasteiger partial charge on any atom is 0.134 e. The van der Waals surface area contributed by atoms with Gasteiger partial charge in [-0.05, 0) is 68.3 Å². The van der Waals surface area contributed by atoms with Gasteiger partial charge in [0.25, 0.3) is 0 Å². The molecule has 0 bridgehead atoms. The molecule has 1 aliphatic heterocycles. The van der Waals surface area contributed by atoms with Gasteiger partial charge in [-0.2, -0.15) is 0 Å². The van der Waals surface area contributed by atoms with Crippen LogP contribution in [0.15, 0.2) is 71.7 Å². The normalized spacial score (nSPS) is 20.1. The van der Waals surface area contributed by atoms with Gasteiger partial charge in [-0.3, -0.25) is 4.99 Å². The first-order valence-corrected chi connectivity index (χ1v) is 11.3. The van der Waals surface area contributed by atoms with E-state index in [9.17, 15) is 0 Å². The fourth-order valence-corrected chi connectivity index (χ4v) is 4.25. The predicted octanol–water partition coefficient (Wildman–Crippen LogP) is 6.80. The second-order valence-corrected chi connectivity index (χ2v) is 9.15. The zero-order chi connectivity index (χ0) is 22.9. The SMILES string of the molecule is COc1ccc(C2=NC(C)(c3ccc(Cl)cc3)C(c3ccc(Cl)cc3)N2)c(OC(C)C)c1. The van der Waals surface area contributed by atoms with Crippen LogP contribution in [-0.2, 0) is 5.54 Å². The molecule has 0 saturated heterocycles. The van der Waals surface area contributed by atoms with E-state index in [1.54, 1.807) is 7.11 Å². The third-order valence-electron chi connectivity index (χ3n) is 5.63. The zero-order valence-electron chi connectivity index (χ0n) is 18.5. The number of aliphatic imine (C=N–C) groups is 1. The Hall–Kier alpha value is -2.69. The standard InChI is InChI=1S/C26H26Cl2N2O2/c1-16(2)32-23-15-21(31-4)13-14-22(23)25-29-24(17-5-9-19(27)10-6-17)26(3,30-25)18-7-11-20(28)12-8-18/h5-16,24H,1-4H3,(H,29,30). The van der Waals surface area contributed by atoms with E-state index in [1.807, 2.05) is 80.6 Å². The van der Waals surface area contributed by atoms with Crippen molar-refractivity contribution in [3.05, 3.63) is 93.5 Å². The van der Waals surface area contributed by atoms with E-state index in [0.29, 0.717) is 10.0 Å². The minimum Gasteiger partial charge on any atom is -0.497 e. The van der Waals surface area contributed by atoms with Crippen LogP contribution >= 0.6 is 23.2 Å². The second kappa shape index (κ2) is 9.05. The molecule has 3 aromatic rings. The molecule has 0 fully saturated rings. The molecule has 0 radical (unpaired) electrons. The number of benzene rings is 3. The molecule has 1 aliphatic rings. The van der Waals surface area contributed by atoms with Crippen molar-refractivity contribution in [1.82, 2.24) is 5.32 Å². The highest BCUT2D eigenvalue weighted by molar-refractivity contribution is 6.30. The molecule has 0 aromatic heterocycles. The van der Waals surface area contributed by atoms with E-state index in [-0.39, 0.29) is 12.1 Å². The average Bonchev–Trinajstić information content (AvgIpc) is 3.12. The molecule has 0 aliphatic carbocycles. The summed E-state index contributed by atoms with van der Waals surface area (Å²) in [5.41, 5.74) is 2.47. The molecular weight excluding hydrogens is 443 g/mol. The lowest BCUT2D eigenvalue weighted by molar-refractivity contribution is 0.240. The van der Waals surface area contributed by atoms with E-state index in [4.69, 9.17) is 37.7 Å². The van der Waals surface area contributed by atoms with Gasteiger partial charge < -0.3 is 14.8 Å². The highest BCUT2D eigenvalue weighted by Gasteiger charge is 2.43. The van der Waals surface area contributed by atoms with Crippen LogP contribution in [0, 0.1) is 0 Å². The summed E-state index contributed by atoms with van der Waals surface area (Å²) >= 11 is 12.3. The number of halogens is 2. The van der Waals surface area contributed by atoms with Gasteiger partial charge in [0.05, 0.1) is 24.8 Å². The lowest BCUT2D eigenvalue weighted by atomic mass is 9.82. The molecule has 3 aromatic carbocycles. The third-order valence-corrected chi connectivity index (χ3v) is 6.13. The summed E-state index contributed by atoms with van der Waals surface area (Å²) in [6.07, 6.45) is 0.0116. The van der Waals surface area contributed by atoms with Crippen LogP contribution < -0.4 is 14.8 Å². The quantitative estimate of drug-likeness (QED) is 0.432. The van der Waals surface area contributed by atoms with E-state index >= 15 is 0 Å². The zero-order valence-corrected chi connectivity index (χ0v) is 20.0. The van der Waals surface area contributed by atoms with Gasteiger partial charge in [0, 0.05) is 16.1 Å². The highest BCUT2D eigenvalue weighted by Crippen LogP contribution is 2.44. The Morgan fingerprint density at radius 3 is 2.16 bits per heavy atom. The van der Waals surface area contributed by atoms with Crippen LogP contribution in [0.25, 0.3) is 0 Å². The van der Waals surface area contributed by atoms with Crippen molar-refractivity contribution >= 4 is 29.0 Å². The molecule has 0 saturated carbocycles. The summed E-state index contributed by atoms with van der Waals surface area (Å²) in [5, 5.41) is 5.04. The minimum atomic E-state index is -0.567. The van der Waals surface area contributed by atoms with Crippen LogP contribution in [-0.4, -0.2) is 19.0 Å². The van der Waals surface area contributed by atoms with Crippen LogP contribution in [0.5, 0.6) is 11.5 Å². The number of hydrogen-bond donors (Lipinski definition) is 1. The summed E-state index contributed by atoms with van der Waals surface area (Å²) in [5.74, 6) is 2.22. The summed E-state index contributed by atoms with van der Waals surface area (Å²) in [6, 6.07) is 21.4. The van der Waals surface area contributed by atoms with Crippen molar-refractivity contribution < 1.29 is 9.47 Å². The summed E-state index contributed by atoms with van der Waals surface area (Å²) in [6.45, 7) is 6.13. The third kappa shape index (κ3) is 4.43. The van der Waals surface area contributed by atoms with E-state index in [2.05, 4.69) is 12.2 Å². The molecule has 0 amide bonds. The lowest BCUT2D eigenvalue weighted by Crippen LogP contribution is -2.33. The molecule has 0 spiro atoms. The first kappa shape index (κ1) is 22.5. The number of amidine groups is 1. The number of ether oxygens (including phenoxy) is 2. The van der Waals surface area contributed by atoms with Gasteiger partial charge in [-0.15, -0.1) is 0 Å². The van der Waals surface area contributed by atoms with Gasteiger partial charge in [-0.25, -0.2) is 0 Å². The number of nitrogens with one attached hydrogen (secondary N) is 1. The molecule has 1 N–H and O–H groups in total.